The van der Waals surface area contributed by atoms with Crippen molar-refractivity contribution in [3.8, 4) is 11.5 Å². The molecule has 0 aliphatic carbocycles. The van der Waals surface area contributed by atoms with Gasteiger partial charge in [-0.1, -0.05) is 0 Å². The molecule has 0 heterocycles. The quantitative estimate of drug-likeness (QED) is 0.692. The summed E-state index contributed by atoms with van der Waals surface area (Å²) in [6, 6.07) is 5.37. The zero-order valence-corrected chi connectivity index (χ0v) is 11.8. The molecule has 0 aliphatic rings. The fourth-order valence-corrected chi connectivity index (χ4v) is 1.73. The molecule has 0 fully saturated rings. The first kappa shape index (κ1) is 15.8. The standard InChI is InChI=1S/C14H23NO4/c1-16-7-4-8-19-10-13(15)12-6-5-11(17-2)9-14(12)18-3/h5-6,9,13H,4,7-8,10,15H2,1-3H3. The summed E-state index contributed by atoms with van der Waals surface area (Å²) in [7, 11) is 4.91. The normalized spacial score (nSPS) is 12.2. The molecule has 1 aromatic rings. The summed E-state index contributed by atoms with van der Waals surface area (Å²) < 4.78 is 20.9. The molecule has 0 aromatic heterocycles. The molecular weight excluding hydrogens is 246 g/mol. The number of nitrogens with two attached hydrogens (primary N) is 1. The molecule has 0 saturated carbocycles. The highest BCUT2D eigenvalue weighted by Crippen LogP contribution is 2.28. The molecule has 1 aromatic carbocycles. The molecule has 5 heteroatoms. The van der Waals surface area contributed by atoms with Crippen LogP contribution in [-0.2, 0) is 9.47 Å². The predicted molar refractivity (Wildman–Crippen MR) is 73.8 cm³/mol. The van der Waals surface area contributed by atoms with Crippen LogP contribution in [0, 0.1) is 0 Å². The molecule has 0 spiro atoms. The number of methoxy groups -OCH3 is 3. The first-order chi connectivity index (χ1) is 9.22. The largest absolute Gasteiger partial charge is 0.497 e. The van der Waals surface area contributed by atoms with Crippen molar-refractivity contribution in [3.05, 3.63) is 23.8 Å². The Balaban J connectivity index is 2.53. The topological polar surface area (TPSA) is 62.9 Å². The van der Waals surface area contributed by atoms with Crippen LogP contribution in [-0.4, -0.2) is 41.2 Å². The smallest absolute Gasteiger partial charge is 0.127 e. The highest BCUT2D eigenvalue weighted by Gasteiger charge is 2.13. The van der Waals surface area contributed by atoms with E-state index in [1.165, 1.54) is 0 Å². The first-order valence-corrected chi connectivity index (χ1v) is 6.27. The Morgan fingerprint density at radius 1 is 1.11 bits per heavy atom. The van der Waals surface area contributed by atoms with Crippen molar-refractivity contribution >= 4 is 0 Å². The molecule has 1 atom stereocenters. The van der Waals surface area contributed by atoms with Gasteiger partial charge in [-0.15, -0.1) is 0 Å². The van der Waals surface area contributed by atoms with Crippen LogP contribution in [0.15, 0.2) is 18.2 Å². The average molecular weight is 269 g/mol. The van der Waals surface area contributed by atoms with Crippen molar-refractivity contribution in [2.45, 2.75) is 12.5 Å². The maximum Gasteiger partial charge on any atom is 0.127 e. The highest BCUT2D eigenvalue weighted by molar-refractivity contribution is 5.42. The van der Waals surface area contributed by atoms with Crippen LogP contribution in [0.1, 0.15) is 18.0 Å². The molecular formula is C14H23NO4. The SMILES string of the molecule is COCCCOCC(N)c1ccc(OC)cc1OC. The second-order valence-electron chi connectivity index (χ2n) is 4.14. The van der Waals surface area contributed by atoms with Gasteiger partial charge in [0.05, 0.1) is 26.9 Å². The highest BCUT2D eigenvalue weighted by atomic mass is 16.5. The number of benzene rings is 1. The summed E-state index contributed by atoms with van der Waals surface area (Å²) in [4.78, 5) is 0. The van der Waals surface area contributed by atoms with Gasteiger partial charge in [0.15, 0.2) is 0 Å². The summed E-state index contributed by atoms with van der Waals surface area (Å²) in [5.41, 5.74) is 7.01. The van der Waals surface area contributed by atoms with E-state index in [9.17, 15) is 0 Å². The third kappa shape index (κ3) is 5.06. The van der Waals surface area contributed by atoms with Crippen LogP contribution in [0.4, 0.5) is 0 Å². The van der Waals surface area contributed by atoms with Crippen molar-refractivity contribution < 1.29 is 18.9 Å². The van der Waals surface area contributed by atoms with E-state index in [0.29, 0.717) is 25.6 Å². The molecule has 0 saturated heterocycles. The number of ether oxygens (including phenoxy) is 4. The Morgan fingerprint density at radius 2 is 1.89 bits per heavy atom. The van der Waals surface area contributed by atoms with Gasteiger partial charge in [-0.3, -0.25) is 0 Å². The van der Waals surface area contributed by atoms with Gasteiger partial charge in [0.2, 0.25) is 0 Å². The monoisotopic (exact) mass is 269 g/mol. The van der Waals surface area contributed by atoms with Gasteiger partial charge in [-0.2, -0.15) is 0 Å². The van der Waals surface area contributed by atoms with Crippen LogP contribution in [0.5, 0.6) is 11.5 Å². The summed E-state index contributed by atoms with van der Waals surface area (Å²) in [6.07, 6.45) is 0.864. The molecule has 0 amide bonds. The molecule has 0 aliphatic heterocycles. The second-order valence-corrected chi connectivity index (χ2v) is 4.14. The van der Waals surface area contributed by atoms with Gasteiger partial charge in [0.1, 0.15) is 11.5 Å². The van der Waals surface area contributed by atoms with E-state index in [0.717, 1.165) is 17.7 Å². The summed E-state index contributed by atoms with van der Waals surface area (Å²) in [5.74, 6) is 1.46. The molecule has 5 nitrogen and oxygen atoms in total. The van der Waals surface area contributed by atoms with Crippen LogP contribution in [0.25, 0.3) is 0 Å². The molecule has 2 N–H and O–H groups in total. The molecule has 19 heavy (non-hydrogen) atoms. The van der Waals surface area contributed by atoms with Gasteiger partial charge >= 0.3 is 0 Å². The van der Waals surface area contributed by atoms with E-state index in [4.69, 9.17) is 24.7 Å². The molecule has 1 unspecified atom stereocenters. The molecule has 0 radical (unpaired) electrons. The van der Waals surface area contributed by atoms with Crippen LogP contribution >= 0.6 is 0 Å². The zero-order valence-electron chi connectivity index (χ0n) is 11.8. The van der Waals surface area contributed by atoms with E-state index in [1.807, 2.05) is 18.2 Å². The van der Waals surface area contributed by atoms with E-state index in [2.05, 4.69) is 0 Å². The minimum atomic E-state index is -0.219. The van der Waals surface area contributed by atoms with E-state index >= 15 is 0 Å². The zero-order chi connectivity index (χ0) is 14.1. The number of rotatable bonds is 9. The Labute approximate surface area is 114 Å². The summed E-state index contributed by atoms with van der Waals surface area (Å²) in [5, 5.41) is 0. The lowest BCUT2D eigenvalue weighted by atomic mass is 10.1. The van der Waals surface area contributed by atoms with Gasteiger partial charge in [0, 0.05) is 32.0 Å². The number of hydrogen-bond acceptors (Lipinski definition) is 5. The minimum absolute atomic E-state index is 0.219. The third-order valence-electron chi connectivity index (χ3n) is 2.77. The van der Waals surface area contributed by atoms with Crippen LogP contribution in [0.3, 0.4) is 0 Å². The van der Waals surface area contributed by atoms with Gasteiger partial charge in [-0.25, -0.2) is 0 Å². The van der Waals surface area contributed by atoms with Crippen LogP contribution < -0.4 is 15.2 Å². The summed E-state index contributed by atoms with van der Waals surface area (Å²) in [6.45, 7) is 1.79. The van der Waals surface area contributed by atoms with Gasteiger partial charge in [-0.05, 0) is 18.6 Å². The summed E-state index contributed by atoms with van der Waals surface area (Å²) >= 11 is 0. The maximum atomic E-state index is 6.10. The maximum absolute atomic E-state index is 6.10. The lowest BCUT2D eigenvalue weighted by Gasteiger charge is -2.16. The van der Waals surface area contributed by atoms with Crippen LogP contribution in [0.2, 0.25) is 0 Å². The Kier molecular flexibility index (Phi) is 7.25. The van der Waals surface area contributed by atoms with Gasteiger partial charge < -0.3 is 24.7 Å². The number of hydrogen-bond donors (Lipinski definition) is 1. The van der Waals surface area contributed by atoms with Crippen molar-refractivity contribution in [1.29, 1.82) is 0 Å². The molecule has 1 rings (SSSR count). The Bertz CT molecular complexity index is 370. The fraction of sp³-hybridized carbons (Fsp3) is 0.571. The lowest BCUT2D eigenvalue weighted by Crippen LogP contribution is -2.18. The van der Waals surface area contributed by atoms with E-state index < -0.39 is 0 Å². The lowest BCUT2D eigenvalue weighted by molar-refractivity contribution is 0.0936. The van der Waals surface area contributed by atoms with Crippen molar-refractivity contribution in [2.24, 2.45) is 5.73 Å². The Hall–Kier alpha value is -1.30. The average Bonchev–Trinajstić information content (AvgIpc) is 2.46. The second kappa shape index (κ2) is 8.74. The first-order valence-electron chi connectivity index (χ1n) is 6.27. The molecule has 0 bridgehead atoms. The van der Waals surface area contributed by atoms with Crippen molar-refractivity contribution in [1.82, 2.24) is 0 Å². The molecule has 108 valence electrons. The minimum Gasteiger partial charge on any atom is -0.497 e. The van der Waals surface area contributed by atoms with Crippen molar-refractivity contribution in [2.75, 3.05) is 41.2 Å². The van der Waals surface area contributed by atoms with E-state index in [-0.39, 0.29) is 6.04 Å². The van der Waals surface area contributed by atoms with Crippen molar-refractivity contribution in [3.63, 3.8) is 0 Å². The fourth-order valence-electron chi connectivity index (χ4n) is 1.73. The third-order valence-corrected chi connectivity index (χ3v) is 2.77. The van der Waals surface area contributed by atoms with Gasteiger partial charge in [0.25, 0.3) is 0 Å². The van der Waals surface area contributed by atoms with E-state index in [1.54, 1.807) is 21.3 Å². The Morgan fingerprint density at radius 3 is 2.53 bits per heavy atom. The predicted octanol–water partition coefficient (Wildman–Crippen LogP) is 1.76.